The summed E-state index contributed by atoms with van der Waals surface area (Å²) in [5.74, 6) is 0.432. The summed E-state index contributed by atoms with van der Waals surface area (Å²) in [5.41, 5.74) is 3.90. The first-order valence-electron chi connectivity index (χ1n) is 11.9. The van der Waals surface area contributed by atoms with Gasteiger partial charge in [0.05, 0.1) is 16.4 Å². The summed E-state index contributed by atoms with van der Waals surface area (Å²) in [4.78, 5) is 32.7. The lowest BCUT2D eigenvalue weighted by Gasteiger charge is -2.30. The number of hydrogen-bond donors (Lipinski definition) is 2. The zero-order valence-electron chi connectivity index (χ0n) is 20.2. The van der Waals surface area contributed by atoms with Crippen molar-refractivity contribution in [3.8, 4) is 6.07 Å². The molecule has 0 unspecified atom stereocenters. The van der Waals surface area contributed by atoms with Crippen LogP contribution in [-0.4, -0.2) is 49.3 Å². The second-order valence-corrected chi connectivity index (χ2v) is 10.6. The van der Waals surface area contributed by atoms with Crippen molar-refractivity contribution in [1.82, 2.24) is 25.0 Å². The molecule has 2 amide bonds. The summed E-state index contributed by atoms with van der Waals surface area (Å²) < 4.78 is 4.86. The average Bonchev–Trinajstić information content (AvgIpc) is 3.57. The van der Waals surface area contributed by atoms with Gasteiger partial charge in [-0.05, 0) is 68.0 Å². The van der Waals surface area contributed by atoms with E-state index in [0.29, 0.717) is 48.6 Å². The van der Waals surface area contributed by atoms with E-state index in [1.807, 2.05) is 42.2 Å². The predicted molar refractivity (Wildman–Crippen MR) is 137 cm³/mol. The molecule has 36 heavy (non-hydrogen) atoms. The molecule has 0 saturated heterocycles. The number of hydrogen-bond acceptors (Lipinski definition) is 7. The van der Waals surface area contributed by atoms with Crippen LogP contribution in [0.5, 0.6) is 0 Å². The van der Waals surface area contributed by atoms with Crippen LogP contribution < -0.4 is 10.0 Å². The highest BCUT2D eigenvalue weighted by molar-refractivity contribution is 8.02. The Kier molecular flexibility index (Phi) is 6.41. The van der Waals surface area contributed by atoms with E-state index in [1.165, 1.54) is 4.68 Å². The van der Waals surface area contributed by atoms with Crippen LogP contribution in [0.25, 0.3) is 0 Å². The molecule has 3 aromatic rings. The van der Waals surface area contributed by atoms with Gasteiger partial charge in [-0.1, -0.05) is 18.2 Å². The van der Waals surface area contributed by atoms with E-state index < -0.39 is 0 Å². The third-order valence-electron chi connectivity index (χ3n) is 6.57. The van der Waals surface area contributed by atoms with Gasteiger partial charge in [-0.15, -0.1) is 0 Å². The topological polar surface area (TPSA) is 116 Å². The first kappa shape index (κ1) is 23.9. The molecule has 1 saturated carbocycles. The lowest BCUT2D eigenvalue weighted by molar-refractivity contribution is 0.0725. The number of pyridine rings is 1. The maximum atomic E-state index is 13.4. The summed E-state index contributed by atoms with van der Waals surface area (Å²) in [5, 5.41) is 16.2. The normalized spacial score (nSPS) is 15.7. The number of benzene rings is 1. The van der Waals surface area contributed by atoms with Crippen LogP contribution in [0.2, 0.25) is 0 Å². The van der Waals surface area contributed by atoms with Crippen LogP contribution >= 0.6 is 11.9 Å². The van der Waals surface area contributed by atoms with Crippen molar-refractivity contribution in [1.29, 1.82) is 5.26 Å². The van der Waals surface area contributed by atoms with Gasteiger partial charge in [0.1, 0.15) is 11.5 Å². The number of nitrogens with zero attached hydrogens (tertiary/aromatic N) is 5. The monoisotopic (exact) mass is 501 g/mol. The van der Waals surface area contributed by atoms with Crippen LogP contribution in [0.4, 0.5) is 5.82 Å². The quantitative estimate of drug-likeness (QED) is 0.455. The van der Waals surface area contributed by atoms with Crippen LogP contribution in [0.3, 0.4) is 0 Å². The first-order chi connectivity index (χ1) is 17.4. The molecule has 0 bridgehead atoms. The van der Waals surface area contributed by atoms with Crippen molar-refractivity contribution < 1.29 is 9.59 Å². The van der Waals surface area contributed by atoms with E-state index >= 15 is 0 Å². The maximum Gasteiger partial charge on any atom is 0.272 e. The number of carbonyl (C=O) groups excluding carboxylic acids is 2. The second kappa shape index (κ2) is 9.66. The molecule has 9 nitrogen and oxygen atoms in total. The summed E-state index contributed by atoms with van der Waals surface area (Å²) in [7, 11) is 1.71. The number of amides is 2. The third kappa shape index (κ3) is 4.93. The Hall–Kier alpha value is -3.84. The number of nitrogens with one attached hydrogen (secondary N) is 2. The number of fused-ring (bicyclic) bond motifs is 1. The van der Waals surface area contributed by atoms with Crippen molar-refractivity contribution in [2.75, 3.05) is 17.8 Å². The predicted octanol–water partition coefficient (Wildman–Crippen LogP) is 3.22. The highest BCUT2D eigenvalue weighted by Gasteiger charge is 2.47. The Morgan fingerprint density at radius 1 is 1.22 bits per heavy atom. The van der Waals surface area contributed by atoms with Gasteiger partial charge in [0.2, 0.25) is 0 Å². The highest BCUT2D eigenvalue weighted by atomic mass is 32.2. The van der Waals surface area contributed by atoms with Gasteiger partial charge < -0.3 is 14.9 Å². The molecule has 1 aromatic carbocycles. The van der Waals surface area contributed by atoms with Crippen molar-refractivity contribution in [3.05, 3.63) is 76.2 Å². The van der Waals surface area contributed by atoms with Crippen LogP contribution in [-0.2, 0) is 20.0 Å². The number of aryl methyl sites for hydroxylation is 2. The van der Waals surface area contributed by atoms with Gasteiger partial charge in [0, 0.05) is 37.9 Å². The lowest BCUT2D eigenvalue weighted by Crippen LogP contribution is -2.43. The molecule has 10 heteroatoms. The van der Waals surface area contributed by atoms with Crippen molar-refractivity contribution in [2.45, 2.75) is 37.5 Å². The molecule has 0 radical (unpaired) electrons. The van der Waals surface area contributed by atoms with Crippen molar-refractivity contribution in [3.63, 3.8) is 0 Å². The molecule has 2 N–H and O–H groups in total. The van der Waals surface area contributed by atoms with Gasteiger partial charge in [0.25, 0.3) is 11.8 Å². The third-order valence-corrected chi connectivity index (χ3v) is 7.85. The second-order valence-electron chi connectivity index (χ2n) is 9.32. The van der Waals surface area contributed by atoms with Gasteiger partial charge in [-0.2, -0.15) is 10.4 Å². The first-order valence-corrected chi connectivity index (χ1v) is 12.7. The van der Waals surface area contributed by atoms with E-state index in [0.717, 1.165) is 29.9 Å². The zero-order chi connectivity index (χ0) is 25.3. The zero-order valence-corrected chi connectivity index (χ0v) is 21.1. The molecule has 0 spiro atoms. The number of carbonyl (C=O) groups is 2. The summed E-state index contributed by atoms with van der Waals surface area (Å²) in [6.07, 6.45) is 2.64. The molecule has 2 aromatic heterocycles. The molecule has 5 rings (SSSR count). The molecule has 1 aliphatic carbocycles. The summed E-state index contributed by atoms with van der Waals surface area (Å²) in [6.45, 7) is 3.47. The molecule has 3 heterocycles. The largest absolute Gasteiger partial charge is 0.347 e. The van der Waals surface area contributed by atoms with Gasteiger partial charge in [-0.3, -0.25) is 14.3 Å². The minimum absolute atomic E-state index is 0.0293. The van der Waals surface area contributed by atoms with Crippen molar-refractivity contribution in [2.24, 2.45) is 7.05 Å². The standard InChI is InChI=1S/C26H27N7O2S/c1-17-4-3-5-21(29-17)31-36-26(11-12-26)16-33-13-10-20-22(30-32(2)23(20)25(33)35)24(34)28-15-19-8-6-18(14-27)7-9-19/h3-9H,10-13,15-16H2,1-2H3,(H,28,34)(H,29,31). The fourth-order valence-electron chi connectivity index (χ4n) is 4.41. The fraction of sp³-hybridized carbons (Fsp3) is 0.346. The van der Waals surface area contributed by atoms with Crippen LogP contribution in [0, 0.1) is 18.3 Å². The Morgan fingerprint density at radius 3 is 2.69 bits per heavy atom. The van der Waals surface area contributed by atoms with Crippen molar-refractivity contribution >= 4 is 29.6 Å². The lowest BCUT2D eigenvalue weighted by atomic mass is 10.0. The molecule has 1 aliphatic heterocycles. The van der Waals surface area contributed by atoms with Gasteiger partial charge >= 0.3 is 0 Å². The Morgan fingerprint density at radius 2 is 2.00 bits per heavy atom. The molecule has 2 aliphatic rings. The smallest absolute Gasteiger partial charge is 0.272 e. The van der Waals surface area contributed by atoms with E-state index in [4.69, 9.17) is 5.26 Å². The van der Waals surface area contributed by atoms with Gasteiger partial charge in [0.15, 0.2) is 5.69 Å². The Labute approximate surface area is 214 Å². The average molecular weight is 502 g/mol. The minimum Gasteiger partial charge on any atom is -0.347 e. The van der Waals surface area contributed by atoms with E-state index in [9.17, 15) is 9.59 Å². The number of rotatable bonds is 8. The molecule has 184 valence electrons. The van der Waals surface area contributed by atoms with E-state index in [2.05, 4.69) is 26.2 Å². The molecular weight excluding hydrogens is 474 g/mol. The molecule has 1 fully saturated rings. The number of anilines is 1. The van der Waals surface area contributed by atoms with Gasteiger partial charge in [-0.25, -0.2) is 4.98 Å². The summed E-state index contributed by atoms with van der Waals surface area (Å²) in [6, 6.07) is 15.0. The maximum absolute atomic E-state index is 13.4. The van der Waals surface area contributed by atoms with Crippen LogP contribution in [0.15, 0.2) is 42.5 Å². The SMILES string of the molecule is Cc1cccc(NSC2(CN3CCc4c(C(=O)NCc5ccc(C#N)cc5)nn(C)c4C3=O)CC2)n1. The minimum atomic E-state index is -0.304. The van der Waals surface area contributed by atoms with E-state index in [1.54, 1.807) is 31.1 Å². The van der Waals surface area contributed by atoms with E-state index in [-0.39, 0.29) is 16.6 Å². The number of aromatic nitrogens is 3. The van der Waals surface area contributed by atoms with Crippen LogP contribution in [0.1, 0.15) is 56.2 Å². The Balaban J connectivity index is 1.23. The number of nitriles is 1. The highest BCUT2D eigenvalue weighted by Crippen LogP contribution is 2.49. The Bertz CT molecular complexity index is 1360. The molecular formula is C26H27N7O2S. The molecule has 0 atom stereocenters. The fourth-order valence-corrected chi connectivity index (χ4v) is 5.37. The summed E-state index contributed by atoms with van der Waals surface area (Å²) >= 11 is 1.64.